The van der Waals surface area contributed by atoms with E-state index >= 15 is 0 Å². The number of alkyl halides is 3. The maximum Gasteiger partial charge on any atom is 0.402 e. The van der Waals surface area contributed by atoms with Gasteiger partial charge in [0.05, 0.1) is 22.3 Å². The number of rotatable bonds is 1. The molecule has 0 radical (unpaired) electrons. The second-order valence-electron chi connectivity index (χ2n) is 7.68. The zero-order chi connectivity index (χ0) is 25.2. The van der Waals surface area contributed by atoms with E-state index in [0.29, 0.717) is 0 Å². The number of hydrogen-bond donors (Lipinski definition) is 0. The fourth-order valence-corrected chi connectivity index (χ4v) is 3.74. The number of cyclic esters (lactones) is 4. The highest BCUT2D eigenvalue weighted by Crippen LogP contribution is 2.57. The van der Waals surface area contributed by atoms with Crippen LogP contribution in [-0.4, -0.2) is 30.1 Å². The zero-order valence-electron chi connectivity index (χ0n) is 18.6. The quantitative estimate of drug-likeness (QED) is 0.429. The average molecular weight is 463 g/mol. The SMILES string of the molecule is CC1(C(F)(F)F)c2cc3c(cc2Oc2cc4c(cc21)C(=O)OC4=O)C(=O)OC3=O.[2H]C(C)CC. The summed E-state index contributed by atoms with van der Waals surface area (Å²) in [5.74, 6) is -4.77. The molecule has 5 rings (SSSR count). The molecule has 0 aromatic heterocycles. The number of fused-ring (bicyclic) bond motifs is 4. The summed E-state index contributed by atoms with van der Waals surface area (Å²) in [6.45, 7) is 4.76. The molecule has 0 bridgehead atoms. The van der Waals surface area contributed by atoms with Gasteiger partial charge in [0.25, 0.3) is 0 Å². The van der Waals surface area contributed by atoms with Crippen molar-refractivity contribution in [1.82, 2.24) is 0 Å². The van der Waals surface area contributed by atoms with Gasteiger partial charge in [0.1, 0.15) is 16.9 Å². The Morgan fingerprint density at radius 3 is 1.39 bits per heavy atom. The molecule has 10 heteroatoms. The van der Waals surface area contributed by atoms with Crippen LogP contribution in [0.1, 0.15) is 87.5 Å². The first-order valence-corrected chi connectivity index (χ1v) is 9.86. The minimum Gasteiger partial charge on any atom is -0.457 e. The standard InChI is InChI=1S/C19H7F3O7.C4H10/c1-18(19(20,21)22)10-2-6-8(16(25)28-14(6)23)4-12(10)27-13-5-9-7(3-11(13)18)15(24)29-17(9)26;1-3-4-2/h2-5H,1H3;3-4H2,1-2H3/i;3D. The highest BCUT2D eigenvalue weighted by molar-refractivity contribution is 6.16. The number of carbonyl (C=O) groups excluding carboxylic acids is 4. The fourth-order valence-electron chi connectivity index (χ4n) is 3.74. The molecular weight excluding hydrogens is 445 g/mol. The predicted octanol–water partition coefficient (Wildman–Crippen LogP) is 5.09. The van der Waals surface area contributed by atoms with Crippen molar-refractivity contribution in [2.45, 2.75) is 45.2 Å². The summed E-state index contributed by atoms with van der Waals surface area (Å²) in [6.07, 6.45) is -3.78. The van der Waals surface area contributed by atoms with Crippen LogP contribution in [0.15, 0.2) is 24.3 Å². The Morgan fingerprint density at radius 1 is 0.758 bits per heavy atom. The van der Waals surface area contributed by atoms with E-state index in [0.717, 1.165) is 37.6 Å². The molecule has 2 aromatic carbocycles. The lowest BCUT2D eigenvalue weighted by Crippen LogP contribution is -2.43. The monoisotopic (exact) mass is 463 g/mol. The smallest absolute Gasteiger partial charge is 0.402 e. The fraction of sp³-hybridized carbons (Fsp3) is 0.304. The van der Waals surface area contributed by atoms with Crippen molar-refractivity contribution in [3.8, 4) is 11.5 Å². The third-order valence-corrected chi connectivity index (χ3v) is 5.76. The molecule has 3 aliphatic heterocycles. The van der Waals surface area contributed by atoms with E-state index in [9.17, 15) is 32.3 Å². The zero-order valence-corrected chi connectivity index (χ0v) is 17.6. The molecule has 33 heavy (non-hydrogen) atoms. The number of esters is 4. The molecule has 2 aromatic rings. The van der Waals surface area contributed by atoms with Crippen LogP contribution in [0.3, 0.4) is 0 Å². The minimum atomic E-state index is -4.89. The van der Waals surface area contributed by atoms with Gasteiger partial charge in [-0.3, -0.25) is 0 Å². The maximum atomic E-state index is 14.3. The van der Waals surface area contributed by atoms with Gasteiger partial charge in [0.2, 0.25) is 0 Å². The van der Waals surface area contributed by atoms with E-state index in [4.69, 9.17) is 6.11 Å². The number of halogens is 3. The van der Waals surface area contributed by atoms with E-state index in [2.05, 4.69) is 9.47 Å². The maximum absolute atomic E-state index is 14.3. The van der Waals surface area contributed by atoms with Gasteiger partial charge in [-0.2, -0.15) is 13.2 Å². The first-order valence-electron chi connectivity index (χ1n) is 10.4. The molecule has 1 unspecified atom stereocenters. The van der Waals surface area contributed by atoms with Crippen LogP contribution in [-0.2, 0) is 14.9 Å². The van der Waals surface area contributed by atoms with Gasteiger partial charge >= 0.3 is 30.1 Å². The van der Waals surface area contributed by atoms with Crippen LogP contribution in [0.25, 0.3) is 0 Å². The van der Waals surface area contributed by atoms with Crippen molar-refractivity contribution in [1.29, 1.82) is 0 Å². The molecule has 172 valence electrons. The highest BCUT2D eigenvalue weighted by Gasteiger charge is 2.59. The molecule has 0 saturated carbocycles. The molecule has 3 aliphatic rings. The van der Waals surface area contributed by atoms with Crippen LogP contribution in [0.4, 0.5) is 13.2 Å². The Bertz CT molecular complexity index is 1200. The number of carbonyl (C=O) groups is 4. The number of benzene rings is 2. The number of ether oxygens (including phenoxy) is 3. The van der Waals surface area contributed by atoms with Crippen molar-refractivity contribution in [3.05, 3.63) is 57.6 Å². The second kappa shape index (κ2) is 7.43. The summed E-state index contributed by atoms with van der Waals surface area (Å²) in [6, 6.07) is 3.82. The van der Waals surface area contributed by atoms with Gasteiger partial charge in [0.15, 0.2) is 0 Å². The molecular formula is C23H17F3O7. The second-order valence-corrected chi connectivity index (χ2v) is 7.68. The van der Waals surface area contributed by atoms with Crippen LogP contribution in [0, 0.1) is 0 Å². The Kier molecular flexibility index (Phi) is 4.77. The van der Waals surface area contributed by atoms with Crippen LogP contribution in [0.5, 0.6) is 11.5 Å². The third-order valence-electron chi connectivity index (χ3n) is 5.76. The summed E-state index contributed by atoms with van der Waals surface area (Å²) in [7, 11) is 0. The largest absolute Gasteiger partial charge is 0.457 e. The third kappa shape index (κ3) is 3.20. The Balaban J connectivity index is 0.000000499. The van der Waals surface area contributed by atoms with E-state index < -0.39 is 46.6 Å². The van der Waals surface area contributed by atoms with Gasteiger partial charge in [-0.1, -0.05) is 26.7 Å². The predicted molar refractivity (Wildman–Crippen MR) is 106 cm³/mol. The Hall–Kier alpha value is -3.69. The topological polar surface area (TPSA) is 96.0 Å². The normalized spacial score (nSPS) is 18.4. The minimum absolute atomic E-state index is 0.134. The first-order chi connectivity index (χ1) is 15.8. The Labute approximate surface area is 186 Å². The molecule has 0 saturated heterocycles. The van der Waals surface area contributed by atoms with E-state index in [1.165, 1.54) is 0 Å². The summed E-state index contributed by atoms with van der Waals surface area (Å²) in [4.78, 5) is 47.2. The molecule has 1 atom stereocenters. The molecule has 0 amide bonds. The molecule has 0 spiro atoms. The molecule has 0 N–H and O–H groups in total. The average Bonchev–Trinajstić information content (AvgIpc) is 3.19. The van der Waals surface area contributed by atoms with Crippen LogP contribution < -0.4 is 4.74 Å². The van der Waals surface area contributed by atoms with Crippen molar-refractivity contribution in [3.63, 3.8) is 0 Å². The van der Waals surface area contributed by atoms with Gasteiger partial charge in [-0.05, 0) is 31.2 Å². The molecule has 3 heterocycles. The number of hydrogen-bond acceptors (Lipinski definition) is 7. The van der Waals surface area contributed by atoms with E-state index in [1.54, 1.807) is 0 Å². The van der Waals surface area contributed by atoms with Crippen molar-refractivity contribution in [2.75, 3.05) is 0 Å². The lowest BCUT2D eigenvalue weighted by Gasteiger charge is -2.39. The van der Waals surface area contributed by atoms with Gasteiger partial charge < -0.3 is 14.2 Å². The molecule has 7 nitrogen and oxygen atoms in total. The van der Waals surface area contributed by atoms with E-state index in [-0.39, 0.29) is 40.1 Å². The first kappa shape index (κ1) is 21.2. The highest BCUT2D eigenvalue weighted by atomic mass is 19.4. The lowest BCUT2D eigenvalue weighted by atomic mass is 9.72. The summed E-state index contributed by atoms with van der Waals surface area (Å²) < 4.78 is 64.2. The lowest BCUT2D eigenvalue weighted by molar-refractivity contribution is -0.174. The van der Waals surface area contributed by atoms with Gasteiger partial charge in [0, 0.05) is 12.5 Å². The van der Waals surface area contributed by atoms with Crippen molar-refractivity contribution < 1.29 is 47.9 Å². The molecule has 0 fully saturated rings. The molecule has 0 aliphatic carbocycles. The van der Waals surface area contributed by atoms with Crippen molar-refractivity contribution in [2.24, 2.45) is 0 Å². The summed E-state index contributed by atoms with van der Waals surface area (Å²) >= 11 is 0. The van der Waals surface area contributed by atoms with Gasteiger partial charge in [-0.15, -0.1) is 0 Å². The van der Waals surface area contributed by atoms with E-state index in [1.807, 2.05) is 13.8 Å². The Morgan fingerprint density at radius 2 is 1.09 bits per heavy atom. The van der Waals surface area contributed by atoms with Crippen molar-refractivity contribution >= 4 is 23.9 Å². The van der Waals surface area contributed by atoms with Gasteiger partial charge in [-0.25, -0.2) is 19.2 Å². The summed E-state index contributed by atoms with van der Waals surface area (Å²) in [5, 5.41) is 0. The summed E-state index contributed by atoms with van der Waals surface area (Å²) in [5.41, 5.74) is -4.65. The van der Waals surface area contributed by atoms with Crippen LogP contribution in [0.2, 0.25) is 0 Å². The van der Waals surface area contributed by atoms with Crippen LogP contribution >= 0.6 is 0 Å².